The number of aliphatic carboxylic acids is 1. The second kappa shape index (κ2) is 5.97. The summed E-state index contributed by atoms with van der Waals surface area (Å²) in [5.74, 6) is -0.767. The number of nitrogens with zero attached hydrogens (tertiary/aromatic N) is 1. The number of rotatable bonds is 6. The topological polar surface area (TPSA) is 66.6 Å². The standard InChI is InChI=1S/C8H18N2O2/c1-3-7(9)10(4-2)6-5-8(11)12/h7H,3-6,9H2,1-2H3,(H,11,12). The van der Waals surface area contributed by atoms with E-state index in [4.69, 9.17) is 10.8 Å². The highest BCUT2D eigenvalue weighted by Crippen LogP contribution is 1.98. The molecule has 72 valence electrons. The molecule has 0 aliphatic heterocycles. The first-order valence-corrected chi connectivity index (χ1v) is 4.33. The van der Waals surface area contributed by atoms with E-state index in [9.17, 15) is 4.79 Å². The van der Waals surface area contributed by atoms with Gasteiger partial charge in [0.1, 0.15) is 0 Å². The van der Waals surface area contributed by atoms with Gasteiger partial charge in [-0.25, -0.2) is 0 Å². The van der Waals surface area contributed by atoms with Gasteiger partial charge in [0.15, 0.2) is 0 Å². The molecule has 0 bridgehead atoms. The van der Waals surface area contributed by atoms with E-state index in [1.165, 1.54) is 0 Å². The minimum atomic E-state index is -0.767. The van der Waals surface area contributed by atoms with Gasteiger partial charge < -0.3 is 10.8 Å². The third-order valence-electron chi connectivity index (χ3n) is 1.91. The molecule has 1 unspecified atom stereocenters. The first-order chi connectivity index (χ1) is 5.61. The molecule has 4 nitrogen and oxygen atoms in total. The molecule has 12 heavy (non-hydrogen) atoms. The molecule has 1 atom stereocenters. The van der Waals surface area contributed by atoms with Gasteiger partial charge in [0.25, 0.3) is 0 Å². The van der Waals surface area contributed by atoms with Gasteiger partial charge in [-0.1, -0.05) is 13.8 Å². The first kappa shape index (κ1) is 11.4. The molecule has 0 amide bonds. The van der Waals surface area contributed by atoms with Crippen LogP contribution in [0.15, 0.2) is 0 Å². The van der Waals surface area contributed by atoms with E-state index in [0.717, 1.165) is 13.0 Å². The van der Waals surface area contributed by atoms with E-state index in [2.05, 4.69) is 0 Å². The molecular formula is C8H18N2O2. The molecule has 0 saturated carbocycles. The molecule has 0 spiro atoms. The van der Waals surface area contributed by atoms with Crippen molar-refractivity contribution in [3.8, 4) is 0 Å². The monoisotopic (exact) mass is 174 g/mol. The number of nitrogens with two attached hydrogens (primary N) is 1. The van der Waals surface area contributed by atoms with Crippen molar-refractivity contribution in [2.24, 2.45) is 5.73 Å². The fraction of sp³-hybridized carbons (Fsp3) is 0.875. The summed E-state index contributed by atoms with van der Waals surface area (Å²) in [5, 5.41) is 8.44. The minimum absolute atomic E-state index is 0.00523. The van der Waals surface area contributed by atoms with Crippen molar-refractivity contribution < 1.29 is 9.90 Å². The minimum Gasteiger partial charge on any atom is -0.481 e. The van der Waals surface area contributed by atoms with Crippen LogP contribution in [0.4, 0.5) is 0 Å². The molecule has 0 aromatic heterocycles. The van der Waals surface area contributed by atoms with E-state index in [0.29, 0.717) is 6.54 Å². The van der Waals surface area contributed by atoms with Crippen molar-refractivity contribution in [2.45, 2.75) is 32.9 Å². The molecule has 0 fully saturated rings. The van der Waals surface area contributed by atoms with E-state index >= 15 is 0 Å². The van der Waals surface area contributed by atoms with Crippen LogP contribution in [0.25, 0.3) is 0 Å². The number of hydrogen-bond acceptors (Lipinski definition) is 3. The molecule has 4 heteroatoms. The Balaban J connectivity index is 3.74. The van der Waals surface area contributed by atoms with Crippen LogP contribution in [-0.2, 0) is 4.79 Å². The lowest BCUT2D eigenvalue weighted by Gasteiger charge is -2.25. The van der Waals surface area contributed by atoms with Gasteiger partial charge in [-0.3, -0.25) is 9.69 Å². The summed E-state index contributed by atoms with van der Waals surface area (Å²) in [6.45, 7) is 5.33. The molecule has 0 heterocycles. The van der Waals surface area contributed by atoms with E-state index in [1.54, 1.807) is 0 Å². The second-order valence-corrected chi connectivity index (χ2v) is 2.75. The van der Waals surface area contributed by atoms with Crippen molar-refractivity contribution in [3.63, 3.8) is 0 Å². The maximum absolute atomic E-state index is 10.3. The molecule has 3 N–H and O–H groups in total. The van der Waals surface area contributed by atoms with Crippen molar-refractivity contribution >= 4 is 5.97 Å². The summed E-state index contributed by atoms with van der Waals surface area (Å²) in [7, 11) is 0. The molecule has 0 aliphatic carbocycles. The Bertz CT molecular complexity index is 139. The Kier molecular flexibility index (Phi) is 5.66. The van der Waals surface area contributed by atoms with Crippen LogP contribution in [0.5, 0.6) is 0 Å². The van der Waals surface area contributed by atoms with Gasteiger partial charge in [0.2, 0.25) is 0 Å². The summed E-state index contributed by atoms with van der Waals surface area (Å²) in [5.41, 5.74) is 5.75. The summed E-state index contributed by atoms with van der Waals surface area (Å²) in [6.07, 6.45) is 1.02. The van der Waals surface area contributed by atoms with Crippen molar-refractivity contribution in [3.05, 3.63) is 0 Å². The average molecular weight is 174 g/mol. The normalized spacial score (nSPS) is 13.3. The fourth-order valence-electron chi connectivity index (χ4n) is 1.06. The second-order valence-electron chi connectivity index (χ2n) is 2.75. The van der Waals surface area contributed by atoms with Crippen molar-refractivity contribution in [2.75, 3.05) is 13.1 Å². The summed E-state index contributed by atoms with van der Waals surface area (Å²) in [4.78, 5) is 12.2. The number of carboxylic acids is 1. The molecular weight excluding hydrogens is 156 g/mol. The Hall–Kier alpha value is -0.610. The van der Waals surface area contributed by atoms with E-state index in [1.807, 2.05) is 18.7 Å². The Morgan fingerprint density at radius 1 is 1.58 bits per heavy atom. The lowest BCUT2D eigenvalue weighted by molar-refractivity contribution is -0.137. The predicted octanol–water partition coefficient (Wildman–Crippen LogP) is 0.478. The average Bonchev–Trinajstić information content (AvgIpc) is 2.04. The van der Waals surface area contributed by atoms with Crippen LogP contribution in [-0.4, -0.2) is 35.2 Å². The highest BCUT2D eigenvalue weighted by atomic mass is 16.4. The highest BCUT2D eigenvalue weighted by molar-refractivity contribution is 5.66. The Labute approximate surface area is 73.3 Å². The zero-order chi connectivity index (χ0) is 9.56. The Morgan fingerprint density at radius 2 is 2.17 bits per heavy atom. The fourth-order valence-corrected chi connectivity index (χ4v) is 1.06. The van der Waals surface area contributed by atoms with Gasteiger partial charge in [-0.2, -0.15) is 0 Å². The van der Waals surface area contributed by atoms with Gasteiger partial charge in [0.05, 0.1) is 12.6 Å². The largest absolute Gasteiger partial charge is 0.481 e. The SMILES string of the molecule is CCC(N)N(CC)CCC(=O)O. The van der Waals surface area contributed by atoms with Crippen LogP contribution in [0, 0.1) is 0 Å². The number of carboxylic acid groups (broad SMARTS) is 1. The smallest absolute Gasteiger partial charge is 0.304 e. The maximum atomic E-state index is 10.3. The van der Waals surface area contributed by atoms with Crippen molar-refractivity contribution in [1.29, 1.82) is 0 Å². The summed E-state index contributed by atoms with van der Waals surface area (Å²) >= 11 is 0. The van der Waals surface area contributed by atoms with Crippen molar-refractivity contribution in [1.82, 2.24) is 4.90 Å². The molecule has 0 aromatic carbocycles. The molecule has 0 rings (SSSR count). The van der Waals surface area contributed by atoms with Crippen LogP contribution in [0.3, 0.4) is 0 Å². The van der Waals surface area contributed by atoms with Gasteiger partial charge in [0, 0.05) is 6.54 Å². The van der Waals surface area contributed by atoms with Gasteiger partial charge >= 0.3 is 5.97 Å². The summed E-state index contributed by atoms with van der Waals surface area (Å²) in [6, 6.07) is 0. The predicted molar refractivity (Wildman–Crippen MR) is 47.8 cm³/mol. The third kappa shape index (κ3) is 4.31. The molecule has 0 aliphatic rings. The molecule has 0 radical (unpaired) electrons. The lowest BCUT2D eigenvalue weighted by atomic mass is 10.3. The van der Waals surface area contributed by atoms with Crippen LogP contribution in [0.1, 0.15) is 26.7 Å². The lowest BCUT2D eigenvalue weighted by Crippen LogP contribution is -2.42. The Morgan fingerprint density at radius 3 is 2.50 bits per heavy atom. The number of carbonyl (C=O) groups is 1. The van der Waals surface area contributed by atoms with Crippen LogP contribution < -0.4 is 5.73 Å². The first-order valence-electron chi connectivity index (χ1n) is 4.33. The van der Waals surface area contributed by atoms with Gasteiger partial charge in [-0.05, 0) is 13.0 Å². The van der Waals surface area contributed by atoms with E-state index in [-0.39, 0.29) is 12.6 Å². The molecule has 0 aromatic rings. The molecule has 0 saturated heterocycles. The van der Waals surface area contributed by atoms with Gasteiger partial charge in [-0.15, -0.1) is 0 Å². The van der Waals surface area contributed by atoms with Crippen LogP contribution >= 0.6 is 0 Å². The summed E-state index contributed by atoms with van der Waals surface area (Å²) < 4.78 is 0. The van der Waals surface area contributed by atoms with Crippen LogP contribution in [0.2, 0.25) is 0 Å². The zero-order valence-corrected chi connectivity index (χ0v) is 7.79. The quantitative estimate of drug-likeness (QED) is 0.575. The zero-order valence-electron chi connectivity index (χ0n) is 7.79. The highest BCUT2D eigenvalue weighted by Gasteiger charge is 2.10. The maximum Gasteiger partial charge on any atom is 0.304 e. The number of hydrogen-bond donors (Lipinski definition) is 2. The third-order valence-corrected chi connectivity index (χ3v) is 1.91. The van der Waals surface area contributed by atoms with E-state index < -0.39 is 5.97 Å².